The largest absolute Gasteiger partial charge is 0.496 e. The van der Waals surface area contributed by atoms with Crippen LogP contribution in [0, 0.1) is 5.92 Å². The number of ether oxygens (including phenoxy) is 1. The average Bonchev–Trinajstić information content (AvgIpc) is 3.03. The van der Waals surface area contributed by atoms with Crippen molar-refractivity contribution in [3.05, 3.63) is 29.8 Å². The van der Waals surface area contributed by atoms with Crippen LogP contribution < -0.4 is 10.5 Å². The molecule has 1 aliphatic heterocycles. The number of carbonyl (C=O) groups excluding carboxylic acids is 1. The van der Waals surface area contributed by atoms with E-state index >= 15 is 0 Å². The number of amides is 1. The monoisotopic (exact) mass is 316 g/mol. The second-order valence-corrected chi connectivity index (χ2v) is 7.32. The highest BCUT2D eigenvalue weighted by Crippen LogP contribution is 2.37. The molecule has 2 aliphatic rings. The van der Waals surface area contributed by atoms with Crippen molar-refractivity contribution < 1.29 is 9.53 Å². The lowest BCUT2D eigenvalue weighted by molar-refractivity contribution is -0.137. The normalized spacial score (nSPS) is 31.2. The Hall–Kier alpha value is -1.55. The lowest BCUT2D eigenvalue weighted by Crippen LogP contribution is -2.53. The molecule has 1 saturated heterocycles. The SMILES string of the molecule is COc1ccccc1C1CCN(C(=O)C2CCCCC2(C)N)C1. The number of nitrogens with zero attached hydrogens (tertiary/aromatic N) is 1. The van der Waals surface area contributed by atoms with E-state index in [-0.39, 0.29) is 17.4 Å². The lowest BCUT2D eigenvalue weighted by atomic mass is 9.74. The minimum Gasteiger partial charge on any atom is -0.496 e. The number of rotatable bonds is 3. The third-order valence-electron chi connectivity index (χ3n) is 5.63. The number of para-hydroxylation sites is 1. The van der Waals surface area contributed by atoms with E-state index in [0.717, 1.165) is 50.9 Å². The summed E-state index contributed by atoms with van der Waals surface area (Å²) in [6.45, 7) is 3.66. The maximum atomic E-state index is 13.0. The third-order valence-corrected chi connectivity index (χ3v) is 5.63. The highest BCUT2D eigenvalue weighted by molar-refractivity contribution is 5.80. The molecule has 126 valence electrons. The summed E-state index contributed by atoms with van der Waals surface area (Å²) in [6, 6.07) is 8.14. The summed E-state index contributed by atoms with van der Waals surface area (Å²) in [6.07, 6.45) is 5.14. The van der Waals surface area contributed by atoms with Crippen molar-refractivity contribution in [1.82, 2.24) is 4.90 Å². The number of hydrogen-bond acceptors (Lipinski definition) is 3. The van der Waals surface area contributed by atoms with Crippen LogP contribution in [0.5, 0.6) is 5.75 Å². The zero-order valence-corrected chi connectivity index (χ0v) is 14.3. The Morgan fingerprint density at radius 3 is 2.83 bits per heavy atom. The fourth-order valence-corrected chi connectivity index (χ4v) is 4.20. The molecule has 1 heterocycles. The molecule has 0 aromatic heterocycles. The quantitative estimate of drug-likeness (QED) is 0.933. The molecule has 1 amide bonds. The van der Waals surface area contributed by atoms with Crippen molar-refractivity contribution >= 4 is 5.91 Å². The van der Waals surface area contributed by atoms with Crippen LogP contribution in [0.4, 0.5) is 0 Å². The Balaban J connectivity index is 1.71. The Morgan fingerprint density at radius 1 is 1.30 bits per heavy atom. The standard InChI is InChI=1S/C19H28N2O2/c1-19(20)11-6-5-8-16(19)18(22)21-12-10-14(13-21)15-7-3-4-9-17(15)23-2/h3-4,7,9,14,16H,5-6,8,10-13,20H2,1-2H3. The van der Waals surface area contributed by atoms with E-state index in [2.05, 4.69) is 6.07 Å². The van der Waals surface area contributed by atoms with Crippen LogP contribution in [0.25, 0.3) is 0 Å². The molecule has 4 heteroatoms. The predicted octanol–water partition coefficient (Wildman–Crippen LogP) is 2.92. The maximum Gasteiger partial charge on any atom is 0.227 e. The van der Waals surface area contributed by atoms with Gasteiger partial charge in [-0.25, -0.2) is 0 Å². The Labute approximate surface area is 139 Å². The molecule has 0 spiro atoms. The summed E-state index contributed by atoms with van der Waals surface area (Å²) in [7, 11) is 1.71. The van der Waals surface area contributed by atoms with Crippen molar-refractivity contribution in [2.75, 3.05) is 20.2 Å². The molecule has 4 nitrogen and oxygen atoms in total. The van der Waals surface area contributed by atoms with Crippen LogP contribution in [0.1, 0.15) is 50.5 Å². The highest BCUT2D eigenvalue weighted by Gasteiger charge is 2.41. The first-order valence-electron chi connectivity index (χ1n) is 8.73. The number of methoxy groups -OCH3 is 1. The Kier molecular flexibility index (Phi) is 4.62. The minimum absolute atomic E-state index is 0.0207. The van der Waals surface area contributed by atoms with E-state index in [9.17, 15) is 4.79 Å². The summed E-state index contributed by atoms with van der Waals surface area (Å²) < 4.78 is 5.48. The Bertz CT molecular complexity index is 570. The van der Waals surface area contributed by atoms with E-state index in [1.807, 2.05) is 30.0 Å². The molecule has 2 fully saturated rings. The fraction of sp³-hybridized carbons (Fsp3) is 0.632. The van der Waals surface area contributed by atoms with Gasteiger partial charge in [-0.05, 0) is 37.8 Å². The Morgan fingerprint density at radius 2 is 2.09 bits per heavy atom. The van der Waals surface area contributed by atoms with Crippen LogP contribution in [-0.2, 0) is 4.79 Å². The third kappa shape index (κ3) is 3.23. The van der Waals surface area contributed by atoms with E-state index < -0.39 is 0 Å². The van der Waals surface area contributed by atoms with Gasteiger partial charge in [0, 0.05) is 24.5 Å². The zero-order chi connectivity index (χ0) is 16.4. The smallest absolute Gasteiger partial charge is 0.227 e. The van der Waals surface area contributed by atoms with Crippen LogP contribution in [0.2, 0.25) is 0 Å². The fourth-order valence-electron chi connectivity index (χ4n) is 4.20. The second-order valence-electron chi connectivity index (χ2n) is 7.32. The van der Waals surface area contributed by atoms with Gasteiger partial charge < -0.3 is 15.4 Å². The molecular formula is C19H28N2O2. The molecule has 0 bridgehead atoms. The van der Waals surface area contributed by atoms with Gasteiger partial charge in [-0.15, -0.1) is 0 Å². The first kappa shape index (κ1) is 16.3. The van der Waals surface area contributed by atoms with Crippen molar-refractivity contribution in [3.8, 4) is 5.75 Å². The van der Waals surface area contributed by atoms with Gasteiger partial charge in [0.05, 0.1) is 13.0 Å². The molecule has 3 rings (SSSR count). The molecule has 1 aliphatic carbocycles. The molecule has 3 atom stereocenters. The molecule has 1 aromatic rings. The number of likely N-dealkylation sites (tertiary alicyclic amines) is 1. The molecule has 1 aromatic carbocycles. The van der Waals surface area contributed by atoms with Crippen molar-refractivity contribution in [2.24, 2.45) is 11.7 Å². The summed E-state index contributed by atoms with van der Waals surface area (Å²) >= 11 is 0. The predicted molar refractivity (Wildman–Crippen MR) is 91.5 cm³/mol. The highest BCUT2D eigenvalue weighted by atomic mass is 16.5. The molecule has 0 radical (unpaired) electrons. The van der Waals surface area contributed by atoms with Crippen molar-refractivity contribution in [1.29, 1.82) is 0 Å². The number of benzene rings is 1. The van der Waals surface area contributed by atoms with Crippen LogP contribution in [0.3, 0.4) is 0 Å². The molecule has 3 unspecified atom stereocenters. The minimum atomic E-state index is -0.349. The molecule has 23 heavy (non-hydrogen) atoms. The van der Waals surface area contributed by atoms with Gasteiger partial charge in [-0.3, -0.25) is 4.79 Å². The summed E-state index contributed by atoms with van der Waals surface area (Å²) in [4.78, 5) is 15.0. The maximum absolute atomic E-state index is 13.0. The molecular weight excluding hydrogens is 288 g/mol. The lowest BCUT2D eigenvalue weighted by Gasteiger charge is -2.39. The average molecular weight is 316 g/mol. The van der Waals surface area contributed by atoms with Crippen LogP contribution in [-0.4, -0.2) is 36.5 Å². The van der Waals surface area contributed by atoms with Crippen molar-refractivity contribution in [2.45, 2.75) is 50.5 Å². The molecule has 1 saturated carbocycles. The first-order chi connectivity index (χ1) is 11.0. The first-order valence-corrected chi connectivity index (χ1v) is 8.73. The van der Waals surface area contributed by atoms with E-state index in [0.29, 0.717) is 5.92 Å². The van der Waals surface area contributed by atoms with Crippen LogP contribution in [0.15, 0.2) is 24.3 Å². The summed E-state index contributed by atoms with van der Waals surface area (Å²) in [5, 5.41) is 0. The van der Waals surface area contributed by atoms with Gasteiger partial charge in [0.1, 0.15) is 5.75 Å². The van der Waals surface area contributed by atoms with Gasteiger partial charge in [-0.1, -0.05) is 31.0 Å². The van der Waals surface area contributed by atoms with Gasteiger partial charge in [0.15, 0.2) is 0 Å². The van der Waals surface area contributed by atoms with E-state index in [1.54, 1.807) is 7.11 Å². The topological polar surface area (TPSA) is 55.6 Å². The summed E-state index contributed by atoms with van der Waals surface area (Å²) in [5.74, 6) is 1.52. The zero-order valence-electron chi connectivity index (χ0n) is 14.3. The number of hydrogen-bond donors (Lipinski definition) is 1. The van der Waals surface area contributed by atoms with E-state index in [4.69, 9.17) is 10.5 Å². The molecule has 2 N–H and O–H groups in total. The van der Waals surface area contributed by atoms with Crippen molar-refractivity contribution in [3.63, 3.8) is 0 Å². The number of nitrogens with two attached hydrogens (primary N) is 1. The van der Waals surface area contributed by atoms with Gasteiger partial charge in [0.2, 0.25) is 5.91 Å². The van der Waals surface area contributed by atoms with Gasteiger partial charge in [0.25, 0.3) is 0 Å². The second kappa shape index (κ2) is 6.52. The van der Waals surface area contributed by atoms with Crippen LogP contribution >= 0.6 is 0 Å². The number of carbonyl (C=O) groups is 1. The summed E-state index contributed by atoms with van der Waals surface area (Å²) in [5.41, 5.74) is 7.28. The van der Waals surface area contributed by atoms with E-state index in [1.165, 1.54) is 5.56 Å². The van der Waals surface area contributed by atoms with Gasteiger partial charge in [-0.2, -0.15) is 0 Å². The van der Waals surface area contributed by atoms with Gasteiger partial charge >= 0.3 is 0 Å².